The second-order valence-corrected chi connectivity index (χ2v) is 20.5. The summed E-state index contributed by atoms with van der Waals surface area (Å²) in [5.74, 6) is 0.792. The molecule has 2 aromatic heterocycles. The number of fused-ring (bicyclic) bond motifs is 4. The zero-order valence-corrected chi connectivity index (χ0v) is 39.6. The van der Waals surface area contributed by atoms with Crippen molar-refractivity contribution < 1.29 is 25.2 Å². The first-order valence-corrected chi connectivity index (χ1v) is 24.3. The number of hydrogen-bond acceptors (Lipinski definition) is 3. The number of aromatic nitrogens is 2. The van der Waals surface area contributed by atoms with Crippen LogP contribution in [0.4, 0.5) is 17.1 Å². The van der Waals surface area contributed by atoms with Crippen molar-refractivity contribution in [3.8, 4) is 39.2 Å². The number of pyridine rings is 1. The Bertz CT molecular complexity index is 3560. The maximum atomic E-state index is 8.44. The molecular weight excluding hydrogens is 1010 g/mol. The zero-order chi connectivity index (χ0) is 46.5. The molecule has 0 amide bonds. The molecule has 11 aromatic rings. The van der Waals surface area contributed by atoms with Crippen LogP contribution in [0.2, 0.25) is 0 Å². The summed E-state index contributed by atoms with van der Waals surface area (Å²) in [7, 11) is -3.27. The summed E-state index contributed by atoms with van der Waals surface area (Å²) < 4.78 is 27.6. The molecule has 0 saturated heterocycles. The maximum absolute atomic E-state index is 8.44. The van der Waals surface area contributed by atoms with Gasteiger partial charge in [0.2, 0.25) is 0 Å². The molecule has 0 bridgehead atoms. The summed E-state index contributed by atoms with van der Waals surface area (Å²) >= 11 is 0. The van der Waals surface area contributed by atoms with Gasteiger partial charge in [0.15, 0.2) is 0 Å². The largest absolute Gasteiger partial charge is 2.00 e. The second-order valence-electron chi connectivity index (χ2n) is 16.8. The van der Waals surface area contributed by atoms with Gasteiger partial charge in [-0.1, -0.05) is 181 Å². The molecule has 9 aromatic carbocycles. The Morgan fingerprint density at radius 1 is 0.507 bits per heavy atom. The minimum atomic E-state index is -3.27. The molecule has 0 spiro atoms. The topological polar surface area (TPSA) is 24.3 Å². The van der Waals surface area contributed by atoms with Crippen LogP contribution in [0.15, 0.2) is 237 Å². The number of rotatable bonds is 9. The van der Waals surface area contributed by atoms with Crippen LogP contribution in [0.1, 0.15) is 4.11 Å². The number of para-hydroxylation sites is 3. The van der Waals surface area contributed by atoms with Crippen molar-refractivity contribution >= 4 is 67.7 Å². The fourth-order valence-corrected chi connectivity index (χ4v) is 14.7. The third-order valence-corrected chi connectivity index (χ3v) is 17.7. The summed E-state index contributed by atoms with van der Waals surface area (Å²) in [6, 6.07) is 89.1. The van der Waals surface area contributed by atoms with E-state index in [0.29, 0.717) is 5.69 Å². The molecule has 322 valence electrons. The minimum absolute atomic E-state index is 0. The molecule has 0 fully saturated rings. The molecule has 1 aliphatic heterocycles. The summed E-state index contributed by atoms with van der Waals surface area (Å²) in [5, 5.41) is 6.65. The van der Waals surface area contributed by atoms with Crippen molar-refractivity contribution in [2.45, 2.75) is 0 Å². The monoisotopic (exact) mass is 1060 g/mol. The van der Waals surface area contributed by atoms with Gasteiger partial charge in [-0.15, -0.1) is 11.5 Å². The van der Waals surface area contributed by atoms with E-state index in [2.05, 4.69) is 222 Å². The number of anilines is 3. The first-order chi connectivity index (χ1) is 33.9. The van der Waals surface area contributed by atoms with Gasteiger partial charge in [-0.2, -0.15) is 46.8 Å². The van der Waals surface area contributed by atoms with E-state index in [4.69, 9.17) is 9.10 Å². The van der Waals surface area contributed by atoms with E-state index in [1.54, 1.807) is 0 Å². The van der Waals surface area contributed by atoms with E-state index in [1.807, 2.05) is 36.5 Å². The Morgan fingerprint density at radius 3 is 1.76 bits per heavy atom. The standard InChI is InChI=1S/C61H44N4Si.Pt/c1-63-43-64(58-35-17-16-34-57(58)63)47-24-18-29-50(41-47)66(48-25-10-4-11-26-48,49-27-12-5-13-28-49)51-36-37-55-54-30-14-15-33-56(54)65(59(55)42-51)60-40-46(38-39-62-60)61-52(44-20-6-2-7-21-44)31-19-32-53(61)45-22-8-3-9-23-45;/h2-40H,43H2,1H3;/q-2;+2/i1D3;. The number of benzene rings is 9. The van der Waals surface area contributed by atoms with E-state index >= 15 is 0 Å². The van der Waals surface area contributed by atoms with Crippen molar-refractivity contribution in [1.29, 1.82) is 0 Å². The van der Waals surface area contributed by atoms with Crippen LogP contribution in [0.3, 0.4) is 0 Å². The van der Waals surface area contributed by atoms with Gasteiger partial charge in [-0.25, -0.2) is 4.98 Å². The molecule has 6 heteroatoms. The van der Waals surface area contributed by atoms with Gasteiger partial charge < -0.3 is 14.4 Å². The molecule has 0 radical (unpaired) electrons. The van der Waals surface area contributed by atoms with Crippen LogP contribution >= 0.6 is 0 Å². The van der Waals surface area contributed by atoms with Crippen LogP contribution in [0.25, 0.3) is 61.0 Å². The van der Waals surface area contributed by atoms with Crippen molar-refractivity contribution in [3.05, 3.63) is 249 Å². The quantitative estimate of drug-likeness (QED) is 0.0818. The molecule has 4 nitrogen and oxygen atoms in total. The number of nitrogens with zero attached hydrogens (tertiary/aromatic N) is 4. The summed E-state index contributed by atoms with van der Waals surface area (Å²) in [5.41, 5.74) is 11.1. The van der Waals surface area contributed by atoms with Crippen LogP contribution in [0, 0.1) is 12.1 Å². The third-order valence-electron chi connectivity index (χ3n) is 13.1. The summed E-state index contributed by atoms with van der Waals surface area (Å²) in [4.78, 5) is 8.74. The van der Waals surface area contributed by atoms with Gasteiger partial charge >= 0.3 is 21.1 Å². The average Bonchev–Trinajstić information content (AvgIpc) is 3.97. The van der Waals surface area contributed by atoms with Gasteiger partial charge in [-0.3, -0.25) is 0 Å². The number of hydrogen-bond donors (Lipinski definition) is 0. The second kappa shape index (κ2) is 17.7. The minimum Gasteiger partial charge on any atom is -0.355 e. The van der Waals surface area contributed by atoms with Gasteiger partial charge in [-0.05, 0) is 79.5 Å². The van der Waals surface area contributed by atoms with Crippen molar-refractivity contribution in [2.24, 2.45) is 0 Å². The molecule has 1 aliphatic rings. The Labute approximate surface area is 411 Å². The molecule has 0 aliphatic carbocycles. The first kappa shape index (κ1) is 38.7. The predicted molar refractivity (Wildman–Crippen MR) is 278 cm³/mol. The molecule has 12 rings (SSSR count). The first-order valence-electron chi connectivity index (χ1n) is 23.8. The SMILES string of the molecule is [2H]C([2H])([2H])N1CN(c2[c-]c([Si](c3[c-]c4c(cc3)c3ccccc3n4-c3cc(-c4c(-c5ccccc5)cccc4-c4ccccc4)ccn3)(c3ccccc3)c3ccccc3)ccc2)c2ccccc21.[Pt+2]. The third kappa shape index (κ3) is 7.14. The Morgan fingerprint density at radius 2 is 1.09 bits per heavy atom. The predicted octanol–water partition coefficient (Wildman–Crippen LogP) is 11.7. The van der Waals surface area contributed by atoms with Crippen molar-refractivity contribution in [1.82, 2.24) is 9.55 Å². The fraction of sp³-hybridized carbons (Fsp3) is 0.0328. The molecular formula is C61H44N4PtSi. The summed E-state index contributed by atoms with van der Waals surface area (Å²) in [6.07, 6.45) is 1.93. The van der Waals surface area contributed by atoms with E-state index in [0.717, 1.165) is 82.8 Å². The zero-order valence-electron chi connectivity index (χ0n) is 39.3. The molecule has 0 saturated carbocycles. The van der Waals surface area contributed by atoms with Gasteiger partial charge in [0.1, 0.15) is 13.9 Å². The molecule has 3 heterocycles. The normalized spacial score (nSPS) is 13.2. The Balaban J connectivity index is 0.00000533. The van der Waals surface area contributed by atoms with Gasteiger partial charge in [0, 0.05) is 22.8 Å². The van der Waals surface area contributed by atoms with E-state index in [-0.39, 0.29) is 27.7 Å². The summed E-state index contributed by atoms with van der Waals surface area (Å²) in [6.45, 7) is -2.14. The molecule has 67 heavy (non-hydrogen) atoms. The maximum Gasteiger partial charge on any atom is 2.00 e. The van der Waals surface area contributed by atoms with Crippen LogP contribution in [-0.2, 0) is 21.1 Å². The van der Waals surface area contributed by atoms with Crippen molar-refractivity contribution in [3.63, 3.8) is 0 Å². The molecule has 0 unspecified atom stereocenters. The van der Waals surface area contributed by atoms with Crippen LogP contribution in [0.5, 0.6) is 0 Å². The Hall–Kier alpha value is -7.56. The average molecular weight is 1060 g/mol. The van der Waals surface area contributed by atoms with Crippen molar-refractivity contribution in [2.75, 3.05) is 23.4 Å². The molecule has 0 atom stereocenters. The fourth-order valence-electron chi connectivity index (χ4n) is 10.2. The van der Waals surface area contributed by atoms with Crippen LogP contribution < -0.4 is 30.5 Å². The van der Waals surface area contributed by atoms with E-state index in [1.165, 1.54) is 15.3 Å². The van der Waals surface area contributed by atoms with Gasteiger partial charge in [0.05, 0.1) is 18.0 Å². The van der Waals surface area contributed by atoms with Crippen LogP contribution in [-0.4, -0.2) is 31.3 Å². The van der Waals surface area contributed by atoms with E-state index < -0.39 is 15.0 Å². The van der Waals surface area contributed by atoms with E-state index in [9.17, 15) is 0 Å². The smallest absolute Gasteiger partial charge is 0.355 e. The van der Waals surface area contributed by atoms with Gasteiger partial charge in [0.25, 0.3) is 0 Å². The molecule has 0 N–H and O–H groups in total. The Kier molecular flexibility index (Phi) is 10.2.